The van der Waals surface area contributed by atoms with Gasteiger partial charge in [-0.25, -0.2) is 0 Å². The number of aromatic amines is 1. The molecule has 18 heavy (non-hydrogen) atoms. The van der Waals surface area contributed by atoms with Crippen molar-refractivity contribution in [2.45, 2.75) is 44.4 Å². The highest BCUT2D eigenvalue weighted by Crippen LogP contribution is 2.30. The number of nitrogens with zero attached hydrogens (tertiary/aromatic N) is 2. The van der Waals surface area contributed by atoms with Crippen molar-refractivity contribution in [1.82, 2.24) is 15.1 Å². The van der Waals surface area contributed by atoms with Gasteiger partial charge >= 0.3 is 0 Å². The van der Waals surface area contributed by atoms with Gasteiger partial charge in [0.05, 0.1) is 0 Å². The smallest absolute Gasteiger partial charge is 0.225 e. The van der Waals surface area contributed by atoms with Crippen LogP contribution in [0.3, 0.4) is 0 Å². The van der Waals surface area contributed by atoms with Crippen molar-refractivity contribution in [1.29, 1.82) is 0 Å². The molecule has 1 saturated heterocycles. The second-order valence-corrected chi connectivity index (χ2v) is 5.62. The van der Waals surface area contributed by atoms with Crippen molar-refractivity contribution >= 4 is 5.91 Å². The summed E-state index contributed by atoms with van der Waals surface area (Å²) in [5, 5.41) is 7.06. The summed E-state index contributed by atoms with van der Waals surface area (Å²) in [4.78, 5) is 14.5. The molecule has 0 spiro atoms. The van der Waals surface area contributed by atoms with Crippen molar-refractivity contribution in [3.63, 3.8) is 0 Å². The van der Waals surface area contributed by atoms with E-state index in [0.29, 0.717) is 17.7 Å². The van der Waals surface area contributed by atoms with Gasteiger partial charge in [0.2, 0.25) is 5.91 Å². The van der Waals surface area contributed by atoms with E-state index in [1.165, 1.54) is 18.5 Å². The highest BCUT2D eigenvalue weighted by molar-refractivity contribution is 5.79. The Bertz CT molecular complexity index is 395. The fourth-order valence-corrected chi connectivity index (χ4v) is 3.36. The standard InChI is InChI=1S/C14H21N3O/c18-14(11-4-1-2-5-11)17-9-3-6-12(10-17)13-7-8-15-16-13/h7-8,11-12H,1-6,9-10H2,(H,15,16)/t12-/m0/s1. The highest BCUT2D eigenvalue weighted by atomic mass is 16.2. The molecule has 1 saturated carbocycles. The maximum Gasteiger partial charge on any atom is 0.225 e. The Balaban J connectivity index is 1.64. The van der Waals surface area contributed by atoms with Crippen molar-refractivity contribution < 1.29 is 4.79 Å². The van der Waals surface area contributed by atoms with Gasteiger partial charge in [0.25, 0.3) is 0 Å². The molecule has 0 unspecified atom stereocenters. The van der Waals surface area contributed by atoms with Crippen molar-refractivity contribution in [3.05, 3.63) is 18.0 Å². The van der Waals surface area contributed by atoms with Gasteiger partial charge in [0.15, 0.2) is 0 Å². The molecule has 1 N–H and O–H groups in total. The molecule has 2 aliphatic rings. The van der Waals surface area contributed by atoms with Gasteiger partial charge in [0.1, 0.15) is 0 Å². The van der Waals surface area contributed by atoms with Crippen LogP contribution in [-0.4, -0.2) is 34.1 Å². The molecule has 3 rings (SSSR count). The molecule has 1 aliphatic heterocycles. The van der Waals surface area contributed by atoms with Gasteiger partial charge in [-0.1, -0.05) is 12.8 Å². The number of H-pyrrole nitrogens is 1. The van der Waals surface area contributed by atoms with Crippen LogP contribution in [0.4, 0.5) is 0 Å². The molecule has 0 bridgehead atoms. The molecule has 1 amide bonds. The number of aromatic nitrogens is 2. The molecule has 4 heteroatoms. The number of piperidine rings is 1. The van der Waals surface area contributed by atoms with Crippen LogP contribution in [0.2, 0.25) is 0 Å². The van der Waals surface area contributed by atoms with E-state index in [9.17, 15) is 4.79 Å². The minimum absolute atomic E-state index is 0.311. The van der Waals surface area contributed by atoms with Gasteiger partial charge in [-0.15, -0.1) is 0 Å². The molecule has 1 aromatic heterocycles. The highest BCUT2D eigenvalue weighted by Gasteiger charge is 2.31. The number of amides is 1. The lowest BCUT2D eigenvalue weighted by Gasteiger charge is -2.33. The molecule has 1 atom stereocenters. The number of likely N-dealkylation sites (tertiary alicyclic amines) is 1. The quantitative estimate of drug-likeness (QED) is 0.871. The first-order chi connectivity index (χ1) is 8.84. The van der Waals surface area contributed by atoms with Crippen molar-refractivity contribution in [2.75, 3.05) is 13.1 Å². The predicted molar refractivity (Wildman–Crippen MR) is 69.1 cm³/mol. The molecule has 0 radical (unpaired) electrons. The maximum atomic E-state index is 12.4. The second-order valence-electron chi connectivity index (χ2n) is 5.62. The van der Waals surface area contributed by atoms with E-state index >= 15 is 0 Å². The maximum absolute atomic E-state index is 12.4. The van der Waals surface area contributed by atoms with Gasteiger partial charge < -0.3 is 4.90 Å². The van der Waals surface area contributed by atoms with Gasteiger partial charge in [0, 0.05) is 36.8 Å². The van der Waals surface area contributed by atoms with E-state index in [-0.39, 0.29) is 0 Å². The van der Waals surface area contributed by atoms with Crippen LogP contribution in [0.15, 0.2) is 12.3 Å². The van der Waals surface area contributed by atoms with Crippen LogP contribution in [0.5, 0.6) is 0 Å². The lowest BCUT2D eigenvalue weighted by molar-refractivity contribution is -0.136. The van der Waals surface area contributed by atoms with Gasteiger partial charge in [-0.2, -0.15) is 5.10 Å². The Hall–Kier alpha value is -1.32. The number of carbonyl (C=O) groups excluding carboxylic acids is 1. The number of hydrogen-bond acceptors (Lipinski definition) is 2. The third-order valence-electron chi connectivity index (χ3n) is 4.40. The number of rotatable bonds is 2. The number of hydrogen-bond donors (Lipinski definition) is 1. The van der Waals surface area contributed by atoms with E-state index in [4.69, 9.17) is 0 Å². The molecule has 1 aromatic rings. The van der Waals surface area contributed by atoms with Crippen LogP contribution in [0.1, 0.15) is 50.1 Å². The topological polar surface area (TPSA) is 49.0 Å². The van der Waals surface area contributed by atoms with Crippen molar-refractivity contribution in [2.24, 2.45) is 5.92 Å². The van der Waals surface area contributed by atoms with E-state index in [2.05, 4.69) is 15.1 Å². The first kappa shape index (κ1) is 11.8. The minimum atomic E-state index is 0.311. The molecule has 2 fully saturated rings. The molecule has 4 nitrogen and oxygen atoms in total. The number of nitrogens with one attached hydrogen (secondary N) is 1. The summed E-state index contributed by atoms with van der Waals surface area (Å²) in [6, 6.07) is 2.04. The number of carbonyl (C=O) groups is 1. The summed E-state index contributed by atoms with van der Waals surface area (Å²) in [6.45, 7) is 1.82. The third-order valence-corrected chi connectivity index (χ3v) is 4.40. The van der Waals surface area contributed by atoms with Gasteiger partial charge in [-0.3, -0.25) is 9.89 Å². The average Bonchev–Trinajstić information content (AvgIpc) is 3.11. The Kier molecular flexibility index (Phi) is 3.35. The van der Waals surface area contributed by atoms with Crippen LogP contribution in [0, 0.1) is 5.92 Å². The Labute approximate surface area is 108 Å². The average molecular weight is 247 g/mol. The van der Waals surface area contributed by atoms with Crippen LogP contribution >= 0.6 is 0 Å². The predicted octanol–water partition coefficient (Wildman–Crippen LogP) is 2.31. The zero-order valence-electron chi connectivity index (χ0n) is 10.8. The fourth-order valence-electron chi connectivity index (χ4n) is 3.36. The van der Waals surface area contributed by atoms with E-state index in [1.807, 2.05) is 6.07 Å². The Morgan fingerprint density at radius 3 is 2.83 bits per heavy atom. The first-order valence-electron chi connectivity index (χ1n) is 7.12. The summed E-state index contributed by atoms with van der Waals surface area (Å²) in [7, 11) is 0. The molecule has 1 aliphatic carbocycles. The summed E-state index contributed by atoms with van der Waals surface area (Å²) in [6.07, 6.45) is 8.74. The monoisotopic (exact) mass is 247 g/mol. The minimum Gasteiger partial charge on any atom is -0.342 e. The van der Waals surface area contributed by atoms with E-state index < -0.39 is 0 Å². The summed E-state index contributed by atoms with van der Waals surface area (Å²) in [5.41, 5.74) is 1.18. The van der Waals surface area contributed by atoms with Crippen LogP contribution in [0.25, 0.3) is 0 Å². The van der Waals surface area contributed by atoms with E-state index in [0.717, 1.165) is 38.8 Å². The third kappa shape index (κ3) is 2.28. The summed E-state index contributed by atoms with van der Waals surface area (Å²) >= 11 is 0. The summed E-state index contributed by atoms with van der Waals surface area (Å²) < 4.78 is 0. The molecule has 98 valence electrons. The summed E-state index contributed by atoms with van der Waals surface area (Å²) in [5.74, 6) is 1.16. The second kappa shape index (κ2) is 5.12. The molecular weight excluding hydrogens is 226 g/mol. The fraction of sp³-hybridized carbons (Fsp3) is 0.714. The largest absolute Gasteiger partial charge is 0.342 e. The first-order valence-corrected chi connectivity index (χ1v) is 7.12. The van der Waals surface area contributed by atoms with Gasteiger partial charge in [-0.05, 0) is 31.7 Å². The SMILES string of the molecule is O=C(C1CCCC1)N1CCC[C@H](c2ccn[nH]2)C1. The molecular formula is C14H21N3O. The van der Waals surface area contributed by atoms with Crippen LogP contribution < -0.4 is 0 Å². The molecule has 0 aromatic carbocycles. The Morgan fingerprint density at radius 1 is 1.28 bits per heavy atom. The zero-order chi connectivity index (χ0) is 12.4. The zero-order valence-corrected chi connectivity index (χ0v) is 10.8. The van der Waals surface area contributed by atoms with Crippen molar-refractivity contribution in [3.8, 4) is 0 Å². The normalized spacial score (nSPS) is 25.6. The molecule has 2 heterocycles. The lowest BCUT2D eigenvalue weighted by Crippen LogP contribution is -2.41. The Morgan fingerprint density at radius 2 is 2.11 bits per heavy atom. The van der Waals surface area contributed by atoms with Crippen LogP contribution in [-0.2, 0) is 4.79 Å². The lowest BCUT2D eigenvalue weighted by atomic mass is 9.93. The van der Waals surface area contributed by atoms with E-state index in [1.54, 1.807) is 6.20 Å².